The Balaban J connectivity index is 1.42. The van der Waals surface area contributed by atoms with Crippen LogP contribution in [0.5, 0.6) is 5.75 Å². The molecule has 8 heteroatoms. The summed E-state index contributed by atoms with van der Waals surface area (Å²) in [7, 11) is -4.00. The summed E-state index contributed by atoms with van der Waals surface area (Å²) < 4.78 is 41.4. The number of fused-ring (bicyclic) bond motifs is 2. The van der Waals surface area contributed by atoms with Crippen molar-refractivity contribution in [2.75, 3.05) is 23.7 Å². The zero-order valence-corrected chi connectivity index (χ0v) is 32.9. The summed E-state index contributed by atoms with van der Waals surface area (Å²) in [5.41, 5.74) is 16.4. The van der Waals surface area contributed by atoms with E-state index in [9.17, 15) is 13.0 Å². The van der Waals surface area contributed by atoms with Crippen LogP contribution in [-0.4, -0.2) is 42.1 Å². The molecule has 0 bridgehead atoms. The number of hydrogen-bond acceptors (Lipinski definition) is 5. The highest BCUT2D eigenvalue weighted by atomic mass is 32.2. The average molecular weight is 735 g/mol. The number of hydrogen-bond donors (Lipinski definition) is 2. The van der Waals surface area contributed by atoms with E-state index in [-0.39, 0.29) is 16.6 Å². The van der Waals surface area contributed by atoms with E-state index in [1.54, 1.807) is 0 Å². The van der Waals surface area contributed by atoms with Gasteiger partial charge in [-0.15, -0.1) is 0 Å². The molecule has 0 fully saturated rings. The molecule has 0 amide bonds. The molecule has 0 spiro atoms. The van der Waals surface area contributed by atoms with Gasteiger partial charge in [0, 0.05) is 54.0 Å². The minimum Gasteiger partial charge on any atom is -0.457 e. The molecule has 3 N–H and O–H groups in total. The zero-order chi connectivity index (χ0) is 37.8. The van der Waals surface area contributed by atoms with Crippen LogP contribution in [-0.2, 0) is 27.5 Å². The van der Waals surface area contributed by atoms with Crippen molar-refractivity contribution < 1.29 is 22.3 Å². The van der Waals surface area contributed by atoms with E-state index in [0.29, 0.717) is 25.9 Å². The first-order valence-corrected chi connectivity index (χ1v) is 20.8. The predicted octanol–water partition coefficient (Wildman–Crippen LogP) is 9.67. The minimum absolute atomic E-state index is 0.133. The molecule has 0 radical (unpaired) electrons. The van der Waals surface area contributed by atoms with E-state index < -0.39 is 10.1 Å². The Morgan fingerprint density at radius 3 is 2.30 bits per heavy atom. The summed E-state index contributed by atoms with van der Waals surface area (Å²) in [6, 6.07) is 25.3. The quantitative estimate of drug-likeness (QED) is 0.0973. The predicted molar refractivity (Wildman–Crippen MR) is 218 cm³/mol. The third kappa shape index (κ3) is 8.30. The summed E-state index contributed by atoms with van der Waals surface area (Å²) in [6.45, 7) is 13.5. The molecule has 0 atom stereocenters. The molecule has 1 aliphatic carbocycles. The normalized spacial score (nSPS) is 19.5. The molecule has 7 nitrogen and oxygen atoms in total. The zero-order valence-electron chi connectivity index (χ0n) is 32.1. The van der Waals surface area contributed by atoms with E-state index in [1.165, 1.54) is 28.1 Å². The van der Waals surface area contributed by atoms with Gasteiger partial charge in [0.15, 0.2) is 5.71 Å². The SMILES string of the molecule is CCCCN1/C(=C/C=C2\CCCC(/C=C/C3=[N+](CCCCS(=O)(=O)O)c4ccccc4C3(C)C)=C2Oc2ccc(CN)cc2)C(C)(C)c2ccccc21. The molecule has 2 aliphatic heterocycles. The lowest BCUT2D eigenvalue weighted by Gasteiger charge is -2.27. The summed E-state index contributed by atoms with van der Waals surface area (Å²) in [6.07, 6.45) is 15.2. The fourth-order valence-corrected chi connectivity index (χ4v) is 8.73. The summed E-state index contributed by atoms with van der Waals surface area (Å²) >= 11 is 0. The van der Waals surface area contributed by atoms with E-state index in [2.05, 4.69) is 117 Å². The van der Waals surface area contributed by atoms with Crippen molar-refractivity contribution >= 4 is 27.2 Å². The first-order chi connectivity index (χ1) is 25.3. The van der Waals surface area contributed by atoms with Crippen LogP contribution in [0, 0.1) is 0 Å². The van der Waals surface area contributed by atoms with Crippen molar-refractivity contribution in [3.63, 3.8) is 0 Å². The number of rotatable bonds is 14. The molecule has 0 saturated carbocycles. The Bertz CT molecular complexity index is 2090. The van der Waals surface area contributed by atoms with Gasteiger partial charge in [-0.05, 0) is 98.6 Å². The Morgan fingerprint density at radius 2 is 1.58 bits per heavy atom. The van der Waals surface area contributed by atoms with Gasteiger partial charge in [-0.2, -0.15) is 13.0 Å². The molecule has 0 saturated heterocycles. The van der Waals surface area contributed by atoms with Gasteiger partial charge in [0.1, 0.15) is 18.1 Å². The van der Waals surface area contributed by atoms with Crippen LogP contribution in [0.1, 0.15) is 96.3 Å². The first-order valence-electron chi connectivity index (χ1n) is 19.2. The first kappa shape index (κ1) is 38.5. The maximum absolute atomic E-state index is 11.4. The van der Waals surface area contributed by atoms with Gasteiger partial charge in [-0.1, -0.05) is 81.8 Å². The number of nitrogens with zero attached hydrogens (tertiary/aromatic N) is 2. The topological polar surface area (TPSA) is 95.9 Å². The van der Waals surface area contributed by atoms with Crippen molar-refractivity contribution in [1.29, 1.82) is 0 Å². The summed E-state index contributed by atoms with van der Waals surface area (Å²) in [4.78, 5) is 2.51. The number of allylic oxidation sites excluding steroid dienone is 7. The van der Waals surface area contributed by atoms with Gasteiger partial charge in [-0.3, -0.25) is 4.55 Å². The molecule has 280 valence electrons. The Kier molecular flexibility index (Phi) is 11.6. The van der Waals surface area contributed by atoms with Gasteiger partial charge in [-0.25, -0.2) is 0 Å². The monoisotopic (exact) mass is 734 g/mol. The van der Waals surface area contributed by atoms with E-state index in [4.69, 9.17) is 10.5 Å². The van der Waals surface area contributed by atoms with Crippen LogP contribution in [0.15, 0.2) is 120 Å². The fourth-order valence-electron chi connectivity index (χ4n) is 8.16. The summed E-state index contributed by atoms with van der Waals surface area (Å²) in [5, 5.41) is 0. The minimum atomic E-state index is -4.00. The number of nitrogens with two attached hydrogens (primary N) is 1. The maximum Gasteiger partial charge on any atom is 0.264 e. The van der Waals surface area contributed by atoms with Gasteiger partial charge in [0.25, 0.3) is 10.1 Å². The Hall–Kier alpha value is -4.24. The molecule has 3 aliphatic rings. The molecular formula is C45H56N3O4S+. The maximum atomic E-state index is 11.4. The Morgan fingerprint density at radius 1 is 0.868 bits per heavy atom. The molecule has 3 aromatic rings. The average Bonchev–Trinajstić information content (AvgIpc) is 3.49. The van der Waals surface area contributed by atoms with E-state index >= 15 is 0 Å². The van der Waals surface area contributed by atoms with Crippen LogP contribution in [0.25, 0.3) is 0 Å². The van der Waals surface area contributed by atoms with E-state index in [0.717, 1.165) is 72.7 Å². The van der Waals surface area contributed by atoms with Crippen molar-refractivity contribution in [2.24, 2.45) is 5.73 Å². The van der Waals surface area contributed by atoms with Crippen LogP contribution < -0.4 is 15.4 Å². The lowest BCUT2D eigenvalue weighted by Crippen LogP contribution is -2.28. The second kappa shape index (κ2) is 16.0. The number of anilines is 1. The molecule has 0 unspecified atom stereocenters. The van der Waals surface area contributed by atoms with Crippen LogP contribution in [0.2, 0.25) is 0 Å². The van der Waals surface area contributed by atoms with Gasteiger partial charge in [0.2, 0.25) is 5.69 Å². The highest BCUT2D eigenvalue weighted by molar-refractivity contribution is 7.85. The number of unbranched alkanes of at least 4 members (excludes halogenated alkanes) is 2. The largest absolute Gasteiger partial charge is 0.457 e. The van der Waals surface area contributed by atoms with Gasteiger partial charge >= 0.3 is 0 Å². The number of benzene rings is 3. The van der Waals surface area contributed by atoms with Gasteiger partial charge < -0.3 is 15.4 Å². The fraction of sp³-hybridized carbons (Fsp3) is 0.400. The van der Waals surface area contributed by atoms with Crippen LogP contribution in [0.3, 0.4) is 0 Å². The molecular weight excluding hydrogens is 679 g/mol. The molecule has 6 rings (SSSR count). The third-order valence-corrected chi connectivity index (χ3v) is 11.9. The third-order valence-electron chi connectivity index (χ3n) is 11.1. The number of para-hydroxylation sites is 2. The Labute approximate surface area is 317 Å². The highest BCUT2D eigenvalue weighted by Gasteiger charge is 2.44. The smallest absolute Gasteiger partial charge is 0.264 e. The highest BCUT2D eigenvalue weighted by Crippen LogP contribution is 2.48. The molecule has 0 aromatic heterocycles. The van der Waals surface area contributed by atoms with Crippen LogP contribution in [0.4, 0.5) is 11.4 Å². The molecule has 3 aromatic carbocycles. The second-order valence-electron chi connectivity index (χ2n) is 15.6. The van der Waals surface area contributed by atoms with E-state index in [1.807, 2.05) is 24.3 Å². The summed E-state index contributed by atoms with van der Waals surface area (Å²) in [5.74, 6) is 1.44. The van der Waals surface area contributed by atoms with Crippen molar-refractivity contribution in [2.45, 2.75) is 96.9 Å². The lowest BCUT2D eigenvalue weighted by atomic mass is 9.81. The lowest BCUT2D eigenvalue weighted by molar-refractivity contribution is -0.438. The standard InChI is InChI=1S/C45H55N3O4S/c1-6-7-29-47-39-19-10-8-17-37(39)44(2,3)41(47)27-23-34-15-14-16-35(43(34)52-36-25-21-33(32-46)22-26-36)24-28-42-45(4,5)38-18-9-11-20-40(38)48(42)30-12-13-31-53(49,50)51/h8-11,17-28H,6-7,12-16,29-32,46H2,1-5H3/p+1. The van der Waals surface area contributed by atoms with Gasteiger partial charge in [0.05, 0.1) is 11.2 Å². The number of ether oxygens (including phenoxy) is 1. The second-order valence-corrected chi connectivity index (χ2v) is 17.1. The molecule has 53 heavy (non-hydrogen) atoms. The van der Waals surface area contributed by atoms with Crippen molar-refractivity contribution in [1.82, 2.24) is 0 Å². The van der Waals surface area contributed by atoms with Crippen molar-refractivity contribution in [3.8, 4) is 5.75 Å². The van der Waals surface area contributed by atoms with Crippen LogP contribution >= 0.6 is 0 Å². The van der Waals surface area contributed by atoms with Crippen molar-refractivity contribution in [3.05, 3.63) is 136 Å². The molecule has 2 heterocycles.